The van der Waals surface area contributed by atoms with Crippen LogP contribution in [0.1, 0.15) is 0 Å². The number of nitro groups is 1. The fourth-order valence-electron chi connectivity index (χ4n) is 2.67. The van der Waals surface area contributed by atoms with Gasteiger partial charge in [0.1, 0.15) is 5.75 Å². The third-order valence-corrected chi connectivity index (χ3v) is 5.88. The molecule has 0 spiro atoms. The van der Waals surface area contributed by atoms with Crippen molar-refractivity contribution in [3.63, 3.8) is 0 Å². The molecule has 1 aliphatic heterocycles. The first kappa shape index (κ1) is 19.9. The third kappa shape index (κ3) is 3.58. The van der Waals surface area contributed by atoms with E-state index in [9.17, 15) is 36.5 Å². The Labute approximate surface area is 145 Å². The number of carboxylic acid groups (broad SMARTS) is 1. The smallest absolute Gasteiger partial charge is 0.393 e. The maximum Gasteiger partial charge on any atom is 0.393 e. The van der Waals surface area contributed by atoms with Crippen LogP contribution in [0.2, 0.25) is 0 Å². The van der Waals surface area contributed by atoms with Crippen molar-refractivity contribution in [2.24, 2.45) is 11.8 Å². The monoisotopic (exact) mass is 398 g/mol. The molecule has 0 aromatic heterocycles. The second kappa shape index (κ2) is 6.72. The summed E-state index contributed by atoms with van der Waals surface area (Å²) >= 11 is 0. The standard InChI is InChI=1S/C13H13F3N2O7S/c1-25-7-2-3-11(10(4-7)18(21)22)26(23,24)17-5-8(12(19)20)9(6-17)13(14,15)16/h2-4,8-9H,5-6H2,1H3,(H,19,20)/t8-,9-/m1/s1. The van der Waals surface area contributed by atoms with Crippen molar-refractivity contribution in [3.05, 3.63) is 28.3 Å². The summed E-state index contributed by atoms with van der Waals surface area (Å²) < 4.78 is 69.4. The molecule has 0 unspecified atom stereocenters. The number of sulfonamides is 1. The number of ether oxygens (including phenoxy) is 1. The number of hydrogen-bond donors (Lipinski definition) is 1. The number of carboxylic acids is 1. The summed E-state index contributed by atoms with van der Waals surface area (Å²) in [6, 6.07) is 2.76. The fourth-order valence-corrected chi connectivity index (χ4v) is 4.30. The van der Waals surface area contributed by atoms with Crippen molar-refractivity contribution in [3.8, 4) is 5.75 Å². The lowest BCUT2D eigenvalue weighted by molar-refractivity contribution is -0.387. The highest BCUT2D eigenvalue weighted by Crippen LogP contribution is 2.41. The molecule has 1 fully saturated rings. The van der Waals surface area contributed by atoms with Gasteiger partial charge in [0.25, 0.3) is 5.69 Å². The third-order valence-electron chi connectivity index (χ3n) is 4.00. The fraction of sp³-hybridized carbons (Fsp3) is 0.462. The van der Waals surface area contributed by atoms with Crippen LogP contribution >= 0.6 is 0 Å². The van der Waals surface area contributed by atoms with E-state index in [1.165, 1.54) is 7.11 Å². The molecule has 2 rings (SSSR count). The molecule has 0 saturated carbocycles. The predicted octanol–water partition coefficient (Wildman–Crippen LogP) is 1.49. The zero-order valence-electron chi connectivity index (χ0n) is 13.1. The van der Waals surface area contributed by atoms with E-state index in [1.54, 1.807) is 0 Å². The van der Waals surface area contributed by atoms with Gasteiger partial charge in [0, 0.05) is 13.1 Å². The minimum Gasteiger partial charge on any atom is -0.497 e. The number of hydrogen-bond acceptors (Lipinski definition) is 6. The van der Waals surface area contributed by atoms with Gasteiger partial charge in [-0.1, -0.05) is 0 Å². The van der Waals surface area contributed by atoms with Crippen LogP contribution in [0.3, 0.4) is 0 Å². The Hall–Kier alpha value is -2.41. The van der Waals surface area contributed by atoms with Gasteiger partial charge < -0.3 is 9.84 Å². The number of halogens is 3. The number of benzene rings is 1. The van der Waals surface area contributed by atoms with Crippen LogP contribution in [0.5, 0.6) is 5.75 Å². The minimum atomic E-state index is -4.93. The van der Waals surface area contributed by atoms with Gasteiger partial charge in [-0.25, -0.2) is 8.42 Å². The lowest BCUT2D eigenvalue weighted by Gasteiger charge is -2.18. The van der Waals surface area contributed by atoms with Crippen molar-refractivity contribution in [1.82, 2.24) is 4.31 Å². The van der Waals surface area contributed by atoms with Crippen molar-refractivity contribution < 1.29 is 41.2 Å². The van der Waals surface area contributed by atoms with Crippen LogP contribution in [0.25, 0.3) is 0 Å². The van der Waals surface area contributed by atoms with Crippen LogP contribution in [0, 0.1) is 22.0 Å². The van der Waals surface area contributed by atoms with E-state index in [1.807, 2.05) is 0 Å². The molecule has 144 valence electrons. The van der Waals surface area contributed by atoms with Gasteiger partial charge in [-0.3, -0.25) is 14.9 Å². The zero-order chi connectivity index (χ0) is 19.9. The number of aliphatic carboxylic acids is 1. The molecular formula is C13H13F3N2O7S. The first-order valence-corrected chi connectivity index (χ1v) is 8.45. The molecule has 1 aromatic carbocycles. The van der Waals surface area contributed by atoms with Gasteiger partial charge in [-0.2, -0.15) is 17.5 Å². The van der Waals surface area contributed by atoms with Gasteiger partial charge in [-0.15, -0.1) is 0 Å². The number of rotatable bonds is 5. The summed E-state index contributed by atoms with van der Waals surface area (Å²) in [4.78, 5) is 20.4. The number of methoxy groups -OCH3 is 1. The molecular weight excluding hydrogens is 385 g/mol. The normalized spacial score (nSPS) is 21.5. The Bertz CT molecular complexity index is 841. The van der Waals surface area contributed by atoms with Crippen LogP contribution < -0.4 is 4.74 Å². The first-order valence-electron chi connectivity index (χ1n) is 7.01. The van der Waals surface area contributed by atoms with Crippen molar-refractivity contribution in [2.75, 3.05) is 20.2 Å². The first-order chi connectivity index (χ1) is 11.9. The summed E-state index contributed by atoms with van der Waals surface area (Å²) in [7, 11) is -3.53. The highest BCUT2D eigenvalue weighted by molar-refractivity contribution is 7.89. The van der Waals surface area contributed by atoms with E-state index in [0.717, 1.165) is 18.2 Å². The van der Waals surface area contributed by atoms with Crippen molar-refractivity contribution >= 4 is 21.7 Å². The SMILES string of the molecule is COc1ccc(S(=O)(=O)N2C[C@@H](C(F)(F)F)[C@H](C(=O)O)C2)c([N+](=O)[O-])c1. The summed E-state index contributed by atoms with van der Waals surface area (Å²) in [5.74, 6) is -6.22. The molecule has 0 radical (unpaired) electrons. The second-order valence-corrected chi connectivity index (χ2v) is 7.41. The Kier molecular flexibility index (Phi) is 5.14. The van der Waals surface area contributed by atoms with E-state index in [0.29, 0.717) is 4.31 Å². The zero-order valence-corrected chi connectivity index (χ0v) is 14.0. The molecule has 9 nitrogen and oxygen atoms in total. The van der Waals surface area contributed by atoms with Gasteiger partial charge in [-0.05, 0) is 12.1 Å². The lowest BCUT2D eigenvalue weighted by Crippen LogP contribution is -2.34. The summed E-state index contributed by atoms with van der Waals surface area (Å²) in [5.41, 5.74) is -0.883. The Balaban J connectivity index is 2.49. The molecule has 1 saturated heterocycles. The minimum absolute atomic E-state index is 0.0198. The molecule has 0 bridgehead atoms. The average Bonchev–Trinajstić information content (AvgIpc) is 3.00. The topological polar surface area (TPSA) is 127 Å². The van der Waals surface area contributed by atoms with E-state index in [2.05, 4.69) is 0 Å². The molecule has 1 aromatic rings. The molecule has 1 heterocycles. The lowest BCUT2D eigenvalue weighted by atomic mass is 9.96. The van der Waals surface area contributed by atoms with E-state index >= 15 is 0 Å². The predicted molar refractivity (Wildman–Crippen MR) is 79.1 cm³/mol. The van der Waals surface area contributed by atoms with Gasteiger partial charge in [0.15, 0.2) is 4.90 Å². The van der Waals surface area contributed by atoms with Gasteiger partial charge in [0.2, 0.25) is 10.0 Å². The van der Waals surface area contributed by atoms with Crippen LogP contribution in [-0.2, 0) is 14.8 Å². The quantitative estimate of drug-likeness (QED) is 0.588. The van der Waals surface area contributed by atoms with Crippen molar-refractivity contribution in [1.29, 1.82) is 0 Å². The van der Waals surface area contributed by atoms with Crippen LogP contribution in [-0.4, -0.2) is 55.1 Å². The van der Waals surface area contributed by atoms with Gasteiger partial charge >= 0.3 is 12.1 Å². The summed E-state index contributed by atoms with van der Waals surface area (Å²) in [5, 5.41) is 20.1. The number of carbonyl (C=O) groups is 1. The number of alkyl halides is 3. The molecule has 0 aliphatic carbocycles. The highest BCUT2D eigenvalue weighted by atomic mass is 32.2. The average molecular weight is 398 g/mol. The van der Waals surface area contributed by atoms with E-state index in [4.69, 9.17) is 9.84 Å². The molecule has 0 amide bonds. The molecule has 13 heteroatoms. The van der Waals surface area contributed by atoms with Crippen molar-refractivity contribution in [2.45, 2.75) is 11.1 Å². The van der Waals surface area contributed by atoms with E-state index < -0.39 is 62.6 Å². The van der Waals surface area contributed by atoms with E-state index in [-0.39, 0.29) is 5.75 Å². The molecule has 26 heavy (non-hydrogen) atoms. The Morgan fingerprint density at radius 3 is 2.42 bits per heavy atom. The second-order valence-electron chi connectivity index (χ2n) is 5.51. The Morgan fingerprint density at radius 1 is 1.38 bits per heavy atom. The summed E-state index contributed by atoms with van der Waals surface area (Å²) in [6.07, 6.45) is -4.93. The maximum absolute atomic E-state index is 13.0. The largest absolute Gasteiger partial charge is 0.497 e. The molecule has 2 atom stereocenters. The highest BCUT2D eigenvalue weighted by Gasteiger charge is 2.55. The van der Waals surface area contributed by atoms with Crippen LogP contribution in [0.4, 0.5) is 18.9 Å². The number of nitro benzene ring substituents is 1. The van der Waals surface area contributed by atoms with Gasteiger partial charge in [0.05, 0.1) is 29.9 Å². The summed E-state index contributed by atoms with van der Waals surface area (Å²) in [6.45, 7) is -2.07. The van der Waals surface area contributed by atoms with Crippen LogP contribution in [0.15, 0.2) is 23.1 Å². The maximum atomic E-state index is 13.0. The number of nitrogens with zero attached hydrogens (tertiary/aromatic N) is 2. The Morgan fingerprint density at radius 2 is 2.00 bits per heavy atom. The molecule has 1 N–H and O–H groups in total. The molecule has 1 aliphatic rings.